The van der Waals surface area contributed by atoms with E-state index in [0.29, 0.717) is 23.1 Å². The van der Waals surface area contributed by atoms with Gasteiger partial charge in [-0.1, -0.05) is 37.1 Å². The van der Waals surface area contributed by atoms with Gasteiger partial charge < -0.3 is 14.8 Å². The largest absolute Gasteiger partial charge is 0.494 e. The van der Waals surface area contributed by atoms with Gasteiger partial charge in [0.05, 0.1) is 17.7 Å². The van der Waals surface area contributed by atoms with Gasteiger partial charge in [0.1, 0.15) is 17.5 Å². The number of carbonyl (C=O) groups excluding carboxylic acids is 1. The van der Waals surface area contributed by atoms with Crippen LogP contribution in [-0.2, 0) is 21.4 Å². The van der Waals surface area contributed by atoms with Crippen LogP contribution in [0.4, 0.5) is 5.69 Å². The van der Waals surface area contributed by atoms with E-state index in [1.165, 1.54) is 14.1 Å². The molecule has 0 radical (unpaired) electrons. The standard InChI is InChI=1S/C24H34ClN3O5S/c1-6-7-14-32-20-11-8-18(9-12-20)15-22(27-34(30,31)28(4)5)24(29)26-19-10-13-23(21(25)16-19)33-17(2)3/h8-13,16-17,22,27H,6-7,14-15H2,1-5H3,(H,26,29). The first-order valence-electron chi connectivity index (χ1n) is 11.2. The van der Waals surface area contributed by atoms with E-state index in [2.05, 4.69) is 17.0 Å². The number of nitrogens with one attached hydrogen (secondary N) is 2. The monoisotopic (exact) mass is 511 g/mol. The van der Waals surface area contributed by atoms with Gasteiger partial charge in [-0.2, -0.15) is 17.4 Å². The van der Waals surface area contributed by atoms with Crippen LogP contribution < -0.4 is 19.5 Å². The Morgan fingerprint density at radius 3 is 2.35 bits per heavy atom. The Bertz CT molecular complexity index is 1040. The lowest BCUT2D eigenvalue weighted by Gasteiger charge is -2.21. The molecule has 2 aromatic rings. The van der Waals surface area contributed by atoms with Crippen molar-refractivity contribution >= 4 is 33.4 Å². The molecule has 0 aliphatic heterocycles. The third-order valence-electron chi connectivity index (χ3n) is 4.78. The molecule has 0 aliphatic carbocycles. The van der Waals surface area contributed by atoms with Crippen molar-refractivity contribution < 1.29 is 22.7 Å². The predicted molar refractivity (Wildman–Crippen MR) is 136 cm³/mol. The number of nitrogens with zero attached hydrogens (tertiary/aromatic N) is 1. The van der Waals surface area contributed by atoms with Crippen molar-refractivity contribution in [3.63, 3.8) is 0 Å². The molecule has 1 amide bonds. The van der Waals surface area contributed by atoms with E-state index in [9.17, 15) is 13.2 Å². The van der Waals surface area contributed by atoms with E-state index in [1.807, 2.05) is 38.1 Å². The van der Waals surface area contributed by atoms with Crippen LogP contribution >= 0.6 is 11.6 Å². The van der Waals surface area contributed by atoms with Gasteiger partial charge in [-0.05, 0) is 62.6 Å². The third kappa shape index (κ3) is 8.79. The van der Waals surface area contributed by atoms with E-state index in [-0.39, 0.29) is 12.5 Å². The van der Waals surface area contributed by atoms with Crippen molar-refractivity contribution in [1.82, 2.24) is 9.03 Å². The average Bonchev–Trinajstić information content (AvgIpc) is 2.76. The first-order valence-corrected chi connectivity index (χ1v) is 13.0. The molecule has 0 aromatic heterocycles. The van der Waals surface area contributed by atoms with Crippen molar-refractivity contribution in [2.45, 2.75) is 52.2 Å². The fraction of sp³-hybridized carbons (Fsp3) is 0.458. The van der Waals surface area contributed by atoms with Crippen LogP contribution in [0.5, 0.6) is 11.5 Å². The topological polar surface area (TPSA) is 97.0 Å². The van der Waals surface area contributed by atoms with Crippen LogP contribution in [-0.4, -0.2) is 51.5 Å². The third-order valence-corrected chi connectivity index (χ3v) is 6.62. The summed E-state index contributed by atoms with van der Waals surface area (Å²) in [5.41, 5.74) is 1.21. The molecule has 1 unspecified atom stereocenters. The fourth-order valence-electron chi connectivity index (χ4n) is 2.92. The summed E-state index contributed by atoms with van der Waals surface area (Å²) in [5, 5.41) is 3.08. The Labute approximate surface area is 207 Å². The summed E-state index contributed by atoms with van der Waals surface area (Å²) in [6.45, 7) is 6.50. The molecule has 8 nitrogen and oxygen atoms in total. The smallest absolute Gasteiger partial charge is 0.279 e. The minimum atomic E-state index is -3.85. The molecule has 0 saturated carbocycles. The van der Waals surface area contributed by atoms with E-state index in [4.69, 9.17) is 21.1 Å². The maximum atomic E-state index is 13.1. The number of halogens is 1. The molecule has 2 N–H and O–H groups in total. The molecule has 0 fully saturated rings. The molecule has 1 atom stereocenters. The Kier molecular flexibility index (Phi) is 10.6. The van der Waals surface area contributed by atoms with E-state index in [1.54, 1.807) is 18.2 Å². The van der Waals surface area contributed by atoms with Crippen molar-refractivity contribution in [2.75, 3.05) is 26.0 Å². The lowest BCUT2D eigenvalue weighted by atomic mass is 10.1. The number of rotatable bonds is 13. The van der Waals surface area contributed by atoms with Crippen LogP contribution in [0.15, 0.2) is 42.5 Å². The lowest BCUT2D eigenvalue weighted by molar-refractivity contribution is -0.117. The van der Waals surface area contributed by atoms with Crippen molar-refractivity contribution in [3.05, 3.63) is 53.1 Å². The summed E-state index contributed by atoms with van der Waals surface area (Å²) in [5.74, 6) is 0.716. The first-order chi connectivity index (χ1) is 16.0. The summed E-state index contributed by atoms with van der Waals surface area (Å²) in [7, 11) is -1.06. The Hall–Kier alpha value is -2.33. The van der Waals surface area contributed by atoms with E-state index >= 15 is 0 Å². The molecule has 188 valence electrons. The van der Waals surface area contributed by atoms with Crippen LogP contribution in [0.3, 0.4) is 0 Å². The normalized spacial score (nSPS) is 12.6. The van der Waals surface area contributed by atoms with Gasteiger partial charge in [-0.25, -0.2) is 0 Å². The number of amides is 1. The van der Waals surface area contributed by atoms with Gasteiger partial charge in [0.25, 0.3) is 10.2 Å². The quantitative estimate of drug-likeness (QED) is 0.392. The Morgan fingerprint density at radius 1 is 1.12 bits per heavy atom. The number of carbonyl (C=O) groups is 1. The number of unbranched alkanes of at least 4 members (excludes halogenated alkanes) is 1. The highest BCUT2D eigenvalue weighted by Gasteiger charge is 2.26. The molecule has 0 aliphatic rings. The zero-order valence-electron chi connectivity index (χ0n) is 20.3. The molecule has 0 saturated heterocycles. The SMILES string of the molecule is CCCCOc1ccc(CC(NS(=O)(=O)N(C)C)C(=O)Nc2ccc(OC(C)C)c(Cl)c2)cc1. The maximum absolute atomic E-state index is 13.1. The van der Waals surface area contributed by atoms with Gasteiger partial charge in [0.2, 0.25) is 5.91 Å². The highest BCUT2D eigenvalue weighted by atomic mass is 35.5. The second-order valence-electron chi connectivity index (χ2n) is 8.31. The second kappa shape index (κ2) is 12.9. The highest BCUT2D eigenvalue weighted by Crippen LogP contribution is 2.28. The van der Waals surface area contributed by atoms with Crippen molar-refractivity contribution in [3.8, 4) is 11.5 Å². The molecule has 0 spiro atoms. The van der Waals surface area contributed by atoms with Crippen molar-refractivity contribution in [1.29, 1.82) is 0 Å². The van der Waals surface area contributed by atoms with Gasteiger partial charge in [0.15, 0.2) is 0 Å². The minimum absolute atomic E-state index is 0.0498. The van der Waals surface area contributed by atoms with Crippen LogP contribution in [0.2, 0.25) is 5.02 Å². The van der Waals surface area contributed by atoms with Crippen LogP contribution in [0.25, 0.3) is 0 Å². The highest BCUT2D eigenvalue weighted by molar-refractivity contribution is 7.87. The Morgan fingerprint density at radius 2 is 1.79 bits per heavy atom. The van der Waals surface area contributed by atoms with Gasteiger partial charge >= 0.3 is 0 Å². The minimum Gasteiger partial charge on any atom is -0.494 e. The summed E-state index contributed by atoms with van der Waals surface area (Å²) < 4.78 is 39.7. The zero-order chi connectivity index (χ0) is 25.3. The zero-order valence-corrected chi connectivity index (χ0v) is 21.9. The van der Waals surface area contributed by atoms with Gasteiger partial charge in [-0.3, -0.25) is 4.79 Å². The number of hydrogen-bond donors (Lipinski definition) is 2. The fourth-order valence-corrected chi connectivity index (χ4v) is 3.91. The summed E-state index contributed by atoms with van der Waals surface area (Å²) in [4.78, 5) is 13.1. The number of ether oxygens (including phenoxy) is 2. The molecule has 34 heavy (non-hydrogen) atoms. The Balaban J connectivity index is 2.18. The van der Waals surface area contributed by atoms with Gasteiger partial charge in [-0.15, -0.1) is 0 Å². The molecule has 0 heterocycles. The van der Waals surface area contributed by atoms with E-state index in [0.717, 1.165) is 28.5 Å². The molecular formula is C24H34ClN3O5S. The van der Waals surface area contributed by atoms with Crippen molar-refractivity contribution in [2.24, 2.45) is 0 Å². The number of benzene rings is 2. The van der Waals surface area contributed by atoms with Crippen LogP contribution in [0, 0.1) is 0 Å². The first kappa shape index (κ1) is 27.9. The summed E-state index contributed by atoms with van der Waals surface area (Å²) in [6, 6.07) is 11.1. The predicted octanol–water partition coefficient (Wildman–Crippen LogP) is 4.25. The molecule has 2 rings (SSSR count). The molecule has 10 heteroatoms. The maximum Gasteiger partial charge on any atom is 0.279 e. The number of hydrogen-bond acceptors (Lipinski definition) is 5. The lowest BCUT2D eigenvalue weighted by Crippen LogP contribution is -2.49. The summed E-state index contributed by atoms with van der Waals surface area (Å²) >= 11 is 6.27. The second-order valence-corrected chi connectivity index (χ2v) is 10.6. The molecule has 0 bridgehead atoms. The molecular weight excluding hydrogens is 478 g/mol. The average molecular weight is 512 g/mol. The summed E-state index contributed by atoms with van der Waals surface area (Å²) in [6.07, 6.45) is 2.10. The number of anilines is 1. The van der Waals surface area contributed by atoms with Crippen LogP contribution in [0.1, 0.15) is 39.2 Å². The molecule has 2 aromatic carbocycles. The van der Waals surface area contributed by atoms with Gasteiger partial charge in [0, 0.05) is 19.8 Å². The van der Waals surface area contributed by atoms with E-state index < -0.39 is 22.2 Å².